The minimum atomic E-state index is -0.142. The van der Waals surface area contributed by atoms with E-state index in [-0.39, 0.29) is 24.5 Å². The molecule has 0 radical (unpaired) electrons. The average Bonchev–Trinajstić information content (AvgIpc) is 2.46. The number of rotatable bonds is 5. The van der Waals surface area contributed by atoms with Crippen LogP contribution in [-0.4, -0.2) is 11.7 Å². The highest BCUT2D eigenvalue weighted by Gasteiger charge is 2.09. The fourth-order valence-corrected chi connectivity index (χ4v) is 1.86. The van der Waals surface area contributed by atoms with E-state index in [1.807, 2.05) is 49.4 Å². The number of anilines is 1. The van der Waals surface area contributed by atoms with Crippen molar-refractivity contribution in [3.63, 3.8) is 0 Å². The van der Waals surface area contributed by atoms with Gasteiger partial charge < -0.3 is 5.32 Å². The second kappa shape index (κ2) is 6.66. The van der Waals surface area contributed by atoms with E-state index in [0.717, 1.165) is 11.3 Å². The Balaban J connectivity index is 1.84. The third kappa shape index (κ3) is 4.05. The minimum Gasteiger partial charge on any atom is -0.326 e. The highest BCUT2D eigenvalue weighted by molar-refractivity contribution is 5.99. The second-order valence-corrected chi connectivity index (χ2v) is 4.70. The van der Waals surface area contributed by atoms with Crippen LogP contribution in [0.1, 0.15) is 28.8 Å². The third-order valence-electron chi connectivity index (χ3n) is 3.01. The molecule has 0 saturated heterocycles. The Morgan fingerprint density at radius 3 is 2.20 bits per heavy atom. The standard InChI is InChI=1S/C17H17NO2/c1-13-7-9-14(10-8-13)16(19)11-12-17(20)18-15-5-3-2-4-6-15/h2-10H,11-12H2,1H3,(H,18,20). The first kappa shape index (κ1) is 14.0. The van der Waals surface area contributed by atoms with Crippen molar-refractivity contribution in [3.05, 3.63) is 65.7 Å². The number of benzene rings is 2. The van der Waals surface area contributed by atoms with Crippen LogP contribution in [-0.2, 0) is 4.79 Å². The second-order valence-electron chi connectivity index (χ2n) is 4.70. The van der Waals surface area contributed by atoms with E-state index >= 15 is 0 Å². The maximum Gasteiger partial charge on any atom is 0.224 e. The molecule has 0 bridgehead atoms. The van der Waals surface area contributed by atoms with Crippen LogP contribution in [0.25, 0.3) is 0 Å². The summed E-state index contributed by atoms with van der Waals surface area (Å²) in [6, 6.07) is 16.6. The van der Waals surface area contributed by atoms with Gasteiger partial charge >= 0.3 is 0 Å². The normalized spacial score (nSPS) is 10.1. The van der Waals surface area contributed by atoms with E-state index in [4.69, 9.17) is 0 Å². The number of para-hydroxylation sites is 1. The van der Waals surface area contributed by atoms with Crippen molar-refractivity contribution in [2.24, 2.45) is 0 Å². The molecule has 0 unspecified atom stereocenters. The van der Waals surface area contributed by atoms with E-state index in [0.29, 0.717) is 5.56 Å². The van der Waals surface area contributed by atoms with Gasteiger partial charge in [0.05, 0.1) is 0 Å². The molecule has 3 heteroatoms. The molecule has 0 aliphatic carbocycles. The molecule has 0 spiro atoms. The van der Waals surface area contributed by atoms with Crippen molar-refractivity contribution >= 4 is 17.4 Å². The molecule has 0 aliphatic heterocycles. The summed E-state index contributed by atoms with van der Waals surface area (Å²) < 4.78 is 0. The lowest BCUT2D eigenvalue weighted by atomic mass is 10.0. The van der Waals surface area contributed by atoms with Crippen LogP contribution < -0.4 is 5.32 Å². The van der Waals surface area contributed by atoms with Gasteiger partial charge in [-0.3, -0.25) is 9.59 Å². The first-order chi connectivity index (χ1) is 9.65. The predicted molar refractivity (Wildman–Crippen MR) is 79.8 cm³/mol. The summed E-state index contributed by atoms with van der Waals surface area (Å²) in [6.45, 7) is 1.97. The summed E-state index contributed by atoms with van der Waals surface area (Å²) in [5, 5.41) is 2.77. The van der Waals surface area contributed by atoms with Gasteiger partial charge in [-0.1, -0.05) is 48.0 Å². The quantitative estimate of drug-likeness (QED) is 0.841. The van der Waals surface area contributed by atoms with Gasteiger partial charge in [-0.25, -0.2) is 0 Å². The van der Waals surface area contributed by atoms with Crippen LogP contribution in [0.2, 0.25) is 0 Å². The summed E-state index contributed by atoms with van der Waals surface area (Å²) in [6.07, 6.45) is 0.420. The van der Waals surface area contributed by atoms with Gasteiger partial charge in [0.1, 0.15) is 0 Å². The molecule has 0 aromatic heterocycles. The van der Waals surface area contributed by atoms with Crippen LogP contribution in [0.3, 0.4) is 0 Å². The first-order valence-corrected chi connectivity index (χ1v) is 6.60. The molecular weight excluding hydrogens is 250 g/mol. The molecule has 0 fully saturated rings. The number of aryl methyl sites for hydroxylation is 1. The Morgan fingerprint density at radius 1 is 0.900 bits per heavy atom. The van der Waals surface area contributed by atoms with Gasteiger partial charge in [-0.15, -0.1) is 0 Å². The largest absolute Gasteiger partial charge is 0.326 e. The molecule has 102 valence electrons. The van der Waals surface area contributed by atoms with Crippen LogP contribution in [0.15, 0.2) is 54.6 Å². The van der Waals surface area contributed by atoms with Gasteiger partial charge in [0.15, 0.2) is 5.78 Å². The molecule has 3 nitrogen and oxygen atoms in total. The topological polar surface area (TPSA) is 46.2 Å². The maximum atomic E-state index is 11.9. The summed E-state index contributed by atoms with van der Waals surface area (Å²) in [7, 11) is 0. The highest BCUT2D eigenvalue weighted by atomic mass is 16.2. The molecule has 2 aromatic rings. The van der Waals surface area contributed by atoms with Crippen LogP contribution >= 0.6 is 0 Å². The molecule has 0 saturated carbocycles. The summed E-state index contributed by atoms with van der Waals surface area (Å²) >= 11 is 0. The van der Waals surface area contributed by atoms with Crippen molar-refractivity contribution in [1.82, 2.24) is 0 Å². The summed E-state index contributed by atoms with van der Waals surface area (Å²) in [5.74, 6) is -0.148. The van der Waals surface area contributed by atoms with E-state index in [2.05, 4.69) is 5.32 Å². The third-order valence-corrected chi connectivity index (χ3v) is 3.01. The Hall–Kier alpha value is -2.42. The molecule has 1 amide bonds. The van der Waals surface area contributed by atoms with Crippen LogP contribution in [0, 0.1) is 6.92 Å². The fraction of sp³-hybridized carbons (Fsp3) is 0.176. The van der Waals surface area contributed by atoms with Crippen molar-refractivity contribution in [3.8, 4) is 0 Å². The lowest BCUT2D eigenvalue weighted by molar-refractivity contribution is -0.116. The first-order valence-electron chi connectivity index (χ1n) is 6.60. The van der Waals surface area contributed by atoms with Crippen molar-refractivity contribution in [1.29, 1.82) is 0 Å². The van der Waals surface area contributed by atoms with E-state index < -0.39 is 0 Å². The molecule has 2 rings (SSSR count). The van der Waals surface area contributed by atoms with E-state index in [9.17, 15) is 9.59 Å². The van der Waals surface area contributed by atoms with Gasteiger partial charge in [0.2, 0.25) is 5.91 Å². The number of hydrogen-bond donors (Lipinski definition) is 1. The zero-order valence-corrected chi connectivity index (χ0v) is 11.4. The lowest BCUT2D eigenvalue weighted by Gasteiger charge is -2.05. The minimum absolute atomic E-state index is 0.00629. The zero-order valence-electron chi connectivity index (χ0n) is 11.4. The number of Topliss-reactive ketones (excluding diaryl/α,β-unsaturated/α-hetero) is 1. The molecule has 0 heterocycles. The Morgan fingerprint density at radius 2 is 1.55 bits per heavy atom. The van der Waals surface area contributed by atoms with Gasteiger partial charge in [-0.05, 0) is 19.1 Å². The zero-order chi connectivity index (χ0) is 14.4. The predicted octanol–water partition coefficient (Wildman–Crippen LogP) is 3.60. The monoisotopic (exact) mass is 267 g/mol. The number of amides is 1. The molecule has 2 aromatic carbocycles. The highest BCUT2D eigenvalue weighted by Crippen LogP contribution is 2.09. The van der Waals surface area contributed by atoms with Gasteiger partial charge in [-0.2, -0.15) is 0 Å². The summed E-state index contributed by atoms with van der Waals surface area (Å²) in [4.78, 5) is 23.7. The number of nitrogens with one attached hydrogen (secondary N) is 1. The maximum absolute atomic E-state index is 11.9. The van der Waals surface area contributed by atoms with Crippen molar-refractivity contribution in [2.75, 3.05) is 5.32 Å². The number of ketones is 1. The average molecular weight is 267 g/mol. The Kier molecular flexibility index (Phi) is 4.66. The summed E-state index contributed by atoms with van der Waals surface area (Å²) in [5.41, 5.74) is 2.52. The molecule has 0 aliphatic rings. The van der Waals surface area contributed by atoms with Gasteiger partial charge in [0, 0.05) is 24.1 Å². The van der Waals surface area contributed by atoms with Crippen LogP contribution in [0.4, 0.5) is 5.69 Å². The van der Waals surface area contributed by atoms with Crippen LogP contribution in [0.5, 0.6) is 0 Å². The Labute approximate surface area is 118 Å². The van der Waals surface area contributed by atoms with E-state index in [1.165, 1.54) is 0 Å². The number of carbonyl (C=O) groups excluding carboxylic acids is 2. The van der Waals surface area contributed by atoms with E-state index in [1.54, 1.807) is 12.1 Å². The lowest BCUT2D eigenvalue weighted by Crippen LogP contribution is -2.13. The Bertz CT molecular complexity index is 588. The molecule has 0 atom stereocenters. The smallest absolute Gasteiger partial charge is 0.224 e. The fourth-order valence-electron chi connectivity index (χ4n) is 1.86. The van der Waals surface area contributed by atoms with Crippen molar-refractivity contribution < 1.29 is 9.59 Å². The number of carbonyl (C=O) groups is 2. The number of hydrogen-bond acceptors (Lipinski definition) is 2. The van der Waals surface area contributed by atoms with Gasteiger partial charge in [0.25, 0.3) is 0 Å². The molecule has 1 N–H and O–H groups in total. The molecule has 20 heavy (non-hydrogen) atoms. The van der Waals surface area contributed by atoms with Crippen molar-refractivity contribution in [2.45, 2.75) is 19.8 Å². The SMILES string of the molecule is Cc1ccc(C(=O)CCC(=O)Nc2ccccc2)cc1. The molecular formula is C17H17NO2.